The number of amides is 1. The minimum Gasteiger partial charge on any atom is -0.394 e. The van der Waals surface area contributed by atoms with Crippen LogP contribution in [0.2, 0.25) is 0 Å². The molecule has 0 saturated carbocycles. The van der Waals surface area contributed by atoms with Crippen LogP contribution in [0, 0.1) is 0 Å². The molecule has 9 N–H and O–H groups in total. The Hall–Kier alpha value is -2.05. The van der Waals surface area contributed by atoms with E-state index in [4.69, 9.17) is 18.9 Å². The van der Waals surface area contributed by atoms with Crippen molar-refractivity contribution in [3.63, 3.8) is 0 Å². The number of hydrogen-bond acceptors (Lipinski definition) is 13. The normalized spacial score (nSPS) is 22.4. The first-order valence-corrected chi connectivity index (χ1v) is 40.9. The molecule has 0 aromatic carbocycles. The average Bonchev–Trinajstić information content (AvgIpc) is 0.854. The van der Waals surface area contributed by atoms with Crippen molar-refractivity contribution in [3.05, 3.63) is 48.6 Å². The first-order valence-electron chi connectivity index (χ1n) is 40.9. The number of allylic oxidation sites excluding steroid dienone is 7. The molecule has 14 heteroatoms. The van der Waals surface area contributed by atoms with Gasteiger partial charge in [0.1, 0.15) is 48.8 Å². The van der Waals surface area contributed by atoms with Crippen molar-refractivity contribution in [2.75, 3.05) is 19.8 Å². The maximum atomic E-state index is 13.4. The highest BCUT2D eigenvalue weighted by molar-refractivity contribution is 5.76. The minimum absolute atomic E-state index is 0.247. The van der Waals surface area contributed by atoms with Gasteiger partial charge in [-0.1, -0.05) is 345 Å². The molecule has 2 saturated heterocycles. The molecular weight excluding hydrogens is 1210 g/mol. The quantitative estimate of drug-likeness (QED) is 0.0204. The van der Waals surface area contributed by atoms with E-state index in [1.165, 1.54) is 295 Å². The number of carbonyl (C=O) groups is 1. The highest BCUT2D eigenvalue weighted by atomic mass is 16.7. The van der Waals surface area contributed by atoms with Crippen LogP contribution in [0.3, 0.4) is 0 Å². The largest absolute Gasteiger partial charge is 0.394 e. The molecule has 12 atom stereocenters. The molecule has 0 aliphatic carbocycles. The SMILES string of the molecule is CCCCCCCCCC/C=C\CCCCCCCCCCCCCCCCCCCC(=O)NC(COC1OC(CO)C(OC2OC(CO)C(O)C(O)C2O)C(O)C1O)C(O)/C=C/CC/C=C/CC/C=C/CCCCCCCCCCCCCCCCCCCCCCCCC. The second-order valence-electron chi connectivity index (χ2n) is 28.9. The van der Waals surface area contributed by atoms with Gasteiger partial charge in [0.05, 0.1) is 32.0 Å². The summed E-state index contributed by atoms with van der Waals surface area (Å²) in [5.41, 5.74) is 0. The maximum absolute atomic E-state index is 13.4. The second kappa shape index (κ2) is 66.2. The van der Waals surface area contributed by atoms with Crippen LogP contribution in [-0.2, 0) is 23.7 Å². The van der Waals surface area contributed by atoms with E-state index in [0.29, 0.717) is 12.8 Å². The number of ether oxygens (including phenoxy) is 4. The van der Waals surface area contributed by atoms with Gasteiger partial charge in [-0.3, -0.25) is 4.79 Å². The molecule has 0 spiro atoms. The lowest BCUT2D eigenvalue weighted by atomic mass is 9.97. The minimum atomic E-state index is -1.79. The molecule has 2 aliphatic heterocycles. The molecule has 0 aromatic heterocycles. The topological polar surface area (TPSA) is 228 Å². The van der Waals surface area contributed by atoms with Gasteiger partial charge in [-0.15, -0.1) is 0 Å². The molecule has 2 rings (SSSR count). The Balaban J connectivity index is 1.63. The van der Waals surface area contributed by atoms with Crippen LogP contribution in [-0.4, -0.2) is 140 Å². The van der Waals surface area contributed by atoms with Crippen molar-refractivity contribution in [3.8, 4) is 0 Å². The fourth-order valence-electron chi connectivity index (χ4n) is 13.5. The molecule has 14 nitrogen and oxygen atoms in total. The van der Waals surface area contributed by atoms with Crippen molar-refractivity contribution in [1.29, 1.82) is 0 Å². The zero-order chi connectivity index (χ0) is 69.4. The van der Waals surface area contributed by atoms with E-state index in [2.05, 4.69) is 55.6 Å². The van der Waals surface area contributed by atoms with Crippen molar-refractivity contribution >= 4 is 5.91 Å². The van der Waals surface area contributed by atoms with Gasteiger partial charge in [0, 0.05) is 6.42 Å². The fraction of sp³-hybridized carbons (Fsp3) is 0.890. The Kier molecular flexibility index (Phi) is 62.1. The van der Waals surface area contributed by atoms with Crippen LogP contribution in [0.15, 0.2) is 48.6 Å². The highest BCUT2D eigenvalue weighted by Crippen LogP contribution is 2.30. The molecule has 2 heterocycles. The van der Waals surface area contributed by atoms with Crippen LogP contribution in [0.25, 0.3) is 0 Å². The van der Waals surface area contributed by atoms with E-state index >= 15 is 0 Å². The van der Waals surface area contributed by atoms with Gasteiger partial charge in [0.25, 0.3) is 0 Å². The highest BCUT2D eigenvalue weighted by Gasteiger charge is 2.51. The first kappa shape index (κ1) is 90.0. The van der Waals surface area contributed by atoms with E-state index in [9.17, 15) is 45.6 Å². The summed E-state index contributed by atoms with van der Waals surface area (Å²) < 4.78 is 22.9. The molecular formula is C82H153NO13. The van der Waals surface area contributed by atoms with Crippen LogP contribution in [0.4, 0.5) is 0 Å². The summed E-state index contributed by atoms with van der Waals surface area (Å²) in [4.78, 5) is 13.4. The lowest BCUT2D eigenvalue weighted by Gasteiger charge is -2.46. The molecule has 564 valence electrons. The van der Waals surface area contributed by atoms with E-state index < -0.39 is 86.8 Å². The summed E-state index contributed by atoms with van der Waals surface area (Å²) in [5, 5.41) is 87.7. The van der Waals surface area contributed by atoms with Crippen LogP contribution < -0.4 is 5.32 Å². The van der Waals surface area contributed by atoms with Crippen molar-refractivity contribution in [1.82, 2.24) is 5.32 Å². The molecule has 0 bridgehead atoms. The molecule has 2 fully saturated rings. The lowest BCUT2D eigenvalue weighted by molar-refractivity contribution is -0.359. The fourth-order valence-corrected chi connectivity index (χ4v) is 13.5. The monoisotopic (exact) mass is 1360 g/mol. The van der Waals surface area contributed by atoms with Gasteiger partial charge in [-0.05, 0) is 70.6 Å². The Labute approximate surface area is 588 Å². The molecule has 0 radical (unpaired) electrons. The van der Waals surface area contributed by atoms with E-state index in [1.54, 1.807) is 6.08 Å². The number of aliphatic hydroxyl groups excluding tert-OH is 8. The van der Waals surface area contributed by atoms with Crippen LogP contribution >= 0.6 is 0 Å². The summed E-state index contributed by atoms with van der Waals surface area (Å²) in [7, 11) is 0. The number of rotatable bonds is 69. The number of aliphatic hydroxyl groups is 8. The summed E-state index contributed by atoms with van der Waals surface area (Å²) in [6.45, 7) is 2.84. The molecule has 0 aromatic rings. The van der Waals surface area contributed by atoms with Crippen LogP contribution in [0.1, 0.15) is 373 Å². The van der Waals surface area contributed by atoms with Gasteiger partial charge in [-0.25, -0.2) is 0 Å². The smallest absolute Gasteiger partial charge is 0.220 e. The number of nitrogens with one attached hydrogen (secondary N) is 1. The van der Waals surface area contributed by atoms with Gasteiger partial charge in [-0.2, -0.15) is 0 Å². The molecule has 1 amide bonds. The molecule has 2 aliphatic rings. The third-order valence-electron chi connectivity index (χ3n) is 20.0. The van der Waals surface area contributed by atoms with E-state index in [-0.39, 0.29) is 18.9 Å². The van der Waals surface area contributed by atoms with E-state index in [0.717, 1.165) is 44.9 Å². The van der Waals surface area contributed by atoms with Crippen molar-refractivity contribution < 1.29 is 64.6 Å². The second-order valence-corrected chi connectivity index (χ2v) is 28.9. The Bertz CT molecular complexity index is 1800. The third kappa shape index (κ3) is 48.7. The number of carbonyl (C=O) groups excluding carboxylic acids is 1. The Morgan fingerprint density at radius 2 is 0.667 bits per heavy atom. The predicted octanol–water partition coefficient (Wildman–Crippen LogP) is 18.6. The van der Waals surface area contributed by atoms with Gasteiger partial charge in [0.15, 0.2) is 12.6 Å². The zero-order valence-corrected chi connectivity index (χ0v) is 61.9. The van der Waals surface area contributed by atoms with Crippen molar-refractivity contribution in [2.45, 2.75) is 447 Å². The number of unbranched alkanes of at least 4 members (excludes halogenated alkanes) is 50. The summed E-state index contributed by atoms with van der Waals surface area (Å²) in [5.74, 6) is -0.247. The van der Waals surface area contributed by atoms with Crippen molar-refractivity contribution in [2.24, 2.45) is 0 Å². The van der Waals surface area contributed by atoms with E-state index in [1.807, 2.05) is 6.08 Å². The lowest BCUT2D eigenvalue weighted by Crippen LogP contribution is -2.65. The summed E-state index contributed by atoms with van der Waals surface area (Å²) >= 11 is 0. The predicted molar refractivity (Wildman–Crippen MR) is 397 cm³/mol. The Morgan fingerprint density at radius 3 is 1.02 bits per heavy atom. The standard InChI is InChI=1S/C82H153NO13/c1-3-5-7-9-11-13-15-17-19-21-23-25-27-29-31-33-34-35-36-38-39-41-43-45-47-49-51-53-55-57-59-61-63-65-71(86)70(69-93-81-79(92)77(90)80(73(68-85)95-81)96-82-78(91)76(89)75(88)72(67-84)94-82)83-74(87)66-64-62-60-58-56-54-52-50-48-46-44-42-40-37-32-30-28-26-24-22-20-18-16-14-12-10-8-6-4-2/h22,24,47,49,55,57,63,65,70-73,75-82,84-86,88-92H,3-21,23,25-46,48,50-54,56,58-62,64,66-69H2,1-2H3,(H,83,87)/b24-22-,49-47+,57-55+,65-63+. The summed E-state index contributed by atoms with van der Waals surface area (Å²) in [6, 6.07) is -0.940. The van der Waals surface area contributed by atoms with Gasteiger partial charge >= 0.3 is 0 Å². The molecule has 12 unspecified atom stereocenters. The average molecular weight is 1360 g/mol. The summed E-state index contributed by atoms with van der Waals surface area (Å²) in [6.07, 6.45) is 72.1. The number of hydrogen-bond donors (Lipinski definition) is 9. The third-order valence-corrected chi connectivity index (χ3v) is 20.0. The maximum Gasteiger partial charge on any atom is 0.220 e. The Morgan fingerprint density at radius 1 is 0.365 bits per heavy atom. The van der Waals surface area contributed by atoms with Gasteiger partial charge in [0.2, 0.25) is 5.91 Å². The van der Waals surface area contributed by atoms with Gasteiger partial charge < -0.3 is 65.1 Å². The molecule has 96 heavy (non-hydrogen) atoms. The zero-order valence-electron chi connectivity index (χ0n) is 61.9. The first-order chi connectivity index (χ1) is 47.1. The van der Waals surface area contributed by atoms with Crippen LogP contribution in [0.5, 0.6) is 0 Å².